The number of aromatic nitrogens is 3. The molecule has 0 bridgehead atoms. The molecule has 0 aliphatic carbocycles. The maximum atomic E-state index is 12.1. The Balaban J connectivity index is 1.55. The molecule has 1 saturated heterocycles. The van der Waals surface area contributed by atoms with Crippen molar-refractivity contribution in [2.24, 2.45) is 0 Å². The third-order valence-electron chi connectivity index (χ3n) is 3.87. The summed E-state index contributed by atoms with van der Waals surface area (Å²) in [7, 11) is 0. The highest BCUT2D eigenvalue weighted by Crippen LogP contribution is 2.25. The van der Waals surface area contributed by atoms with Gasteiger partial charge in [-0.3, -0.25) is 9.36 Å². The van der Waals surface area contributed by atoms with Crippen LogP contribution in [0, 0.1) is 0 Å². The first kappa shape index (κ1) is 16.0. The summed E-state index contributed by atoms with van der Waals surface area (Å²) in [6.45, 7) is 2.61. The fourth-order valence-electron chi connectivity index (χ4n) is 2.68. The second kappa shape index (κ2) is 7.58. The molecule has 0 saturated carbocycles. The lowest BCUT2D eigenvalue weighted by Crippen LogP contribution is -2.34. The number of hydrogen-bond donors (Lipinski definition) is 2. The average Bonchev–Trinajstić information content (AvgIpc) is 3.11. The van der Waals surface area contributed by atoms with E-state index in [0.29, 0.717) is 18.8 Å². The first-order valence-corrected chi connectivity index (χ1v) is 7.99. The summed E-state index contributed by atoms with van der Waals surface area (Å²) in [6.07, 6.45) is 6.91. The van der Waals surface area contributed by atoms with Crippen molar-refractivity contribution < 1.29 is 4.79 Å². The van der Waals surface area contributed by atoms with Crippen LogP contribution in [0.2, 0.25) is 0 Å². The average molecular weight is 328 g/mol. The number of hydrogen-bond acceptors (Lipinski definition) is 5. The molecule has 0 radical (unpaired) electrons. The molecule has 0 unspecified atom stereocenters. The van der Waals surface area contributed by atoms with E-state index in [1.54, 1.807) is 12.3 Å². The Bertz CT molecular complexity index is 754. The molecule has 24 heavy (non-hydrogen) atoms. The zero-order valence-corrected chi connectivity index (χ0v) is 13.3. The number of rotatable bonds is 5. The van der Waals surface area contributed by atoms with E-state index in [4.69, 9.17) is 0 Å². The highest BCUT2D eigenvalue weighted by Gasteiger charge is 2.17. The Morgan fingerprint density at radius 1 is 1.21 bits per heavy atom. The van der Waals surface area contributed by atoms with Crippen LogP contribution in [0.5, 0.6) is 0 Å². The predicted molar refractivity (Wildman–Crippen MR) is 91.2 cm³/mol. The van der Waals surface area contributed by atoms with Gasteiger partial charge in [0, 0.05) is 44.6 Å². The Hall–Kier alpha value is -2.90. The molecule has 2 N–H and O–H groups in total. The third-order valence-corrected chi connectivity index (χ3v) is 3.87. The maximum Gasteiger partial charge on any atom is 0.319 e. The zero-order chi connectivity index (χ0) is 16.8. The van der Waals surface area contributed by atoms with E-state index in [9.17, 15) is 9.59 Å². The van der Waals surface area contributed by atoms with Gasteiger partial charge in [-0.1, -0.05) is 0 Å². The minimum Gasteiger partial charge on any atom is -0.355 e. The van der Waals surface area contributed by atoms with Crippen molar-refractivity contribution in [2.45, 2.75) is 19.4 Å². The van der Waals surface area contributed by atoms with Crippen LogP contribution in [-0.4, -0.2) is 40.2 Å². The Kier molecular flexibility index (Phi) is 5.05. The van der Waals surface area contributed by atoms with Crippen LogP contribution < -0.4 is 21.1 Å². The summed E-state index contributed by atoms with van der Waals surface area (Å²) >= 11 is 0. The van der Waals surface area contributed by atoms with Gasteiger partial charge < -0.3 is 15.5 Å². The SMILES string of the molecule is O=C(NCCn1cnccc1=O)Nc1cccnc1N1CCCC1. The van der Waals surface area contributed by atoms with Crippen molar-refractivity contribution in [3.05, 3.63) is 47.3 Å². The molecule has 3 rings (SSSR count). The summed E-state index contributed by atoms with van der Waals surface area (Å²) in [5, 5.41) is 5.57. The van der Waals surface area contributed by atoms with Gasteiger partial charge in [-0.05, 0) is 25.0 Å². The molecule has 8 nitrogen and oxygen atoms in total. The van der Waals surface area contributed by atoms with E-state index in [0.717, 1.165) is 31.7 Å². The number of pyridine rings is 1. The maximum absolute atomic E-state index is 12.1. The third kappa shape index (κ3) is 3.89. The van der Waals surface area contributed by atoms with Gasteiger partial charge in [-0.2, -0.15) is 0 Å². The van der Waals surface area contributed by atoms with Crippen LogP contribution in [0.15, 0.2) is 41.7 Å². The molecular formula is C16H20N6O2. The van der Waals surface area contributed by atoms with Crippen LogP contribution in [-0.2, 0) is 6.54 Å². The molecule has 8 heteroatoms. The van der Waals surface area contributed by atoms with E-state index in [2.05, 4.69) is 25.5 Å². The van der Waals surface area contributed by atoms with E-state index in [-0.39, 0.29) is 11.6 Å². The van der Waals surface area contributed by atoms with Crippen molar-refractivity contribution in [3.63, 3.8) is 0 Å². The topological polar surface area (TPSA) is 92.1 Å². The normalized spacial score (nSPS) is 13.8. The first-order valence-electron chi connectivity index (χ1n) is 7.99. The number of amides is 2. The lowest BCUT2D eigenvalue weighted by atomic mass is 10.3. The lowest BCUT2D eigenvalue weighted by molar-refractivity contribution is 0.251. The van der Waals surface area contributed by atoms with Gasteiger partial charge in [0.05, 0.1) is 12.0 Å². The molecule has 1 aliphatic rings. The van der Waals surface area contributed by atoms with Crippen LogP contribution in [0.25, 0.3) is 0 Å². The standard InChI is InChI=1S/C16H20N6O2/c23-14-5-7-17-12-22(14)11-8-19-16(24)20-13-4-3-6-18-15(13)21-9-1-2-10-21/h3-7,12H,1-2,8-11H2,(H2,19,20,24). The van der Waals surface area contributed by atoms with Gasteiger partial charge in [0.2, 0.25) is 0 Å². The van der Waals surface area contributed by atoms with Crippen molar-refractivity contribution in [2.75, 3.05) is 29.9 Å². The summed E-state index contributed by atoms with van der Waals surface area (Å²) in [5.74, 6) is 0.800. The predicted octanol–water partition coefficient (Wildman–Crippen LogP) is 1.06. The largest absolute Gasteiger partial charge is 0.355 e. The smallest absolute Gasteiger partial charge is 0.319 e. The van der Waals surface area contributed by atoms with E-state index >= 15 is 0 Å². The quantitative estimate of drug-likeness (QED) is 0.856. The summed E-state index contributed by atoms with van der Waals surface area (Å²) in [5.41, 5.74) is 0.547. The van der Waals surface area contributed by atoms with Crippen molar-refractivity contribution in [1.29, 1.82) is 0 Å². The zero-order valence-electron chi connectivity index (χ0n) is 13.3. The van der Waals surface area contributed by atoms with Gasteiger partial charge in [-0.15, -0.1) is 0 Å². The fourth-order valence-corrected chi connectivity index (χ4v) is 2.68. The van der Waals surface area contributed by atoms with Crippen LogP contribution in [0.1, 0.15) is 12.8 Å². The van der Waals surface area contributed by atoms with Gasteiger partial charge >= 0.3 is 6.03 Å². The molecule has 1 fully saturated rings. The summed E-state index contributed by atoms with van der Waals surface area (Å²) in [6, 6.07) is 4.70. The second-order valence-electron chi connectivity index (χ2n) is 5.56. The number of carbonyl (C=O) groups excluding carboxylic acids is 1. The minimum absolute atomic E-state index is 0.143. The first-order chi connectivity index (χ1) is 11.7. The van der Waals surface area contributed by atoms with Crippen LogP contribution >= 0.6 is 0 Å². The van der Waals surface area contributed by atoms with Crippen LogP contribution in [0.4, 0.5) is 16.3 Å². The number of urea groups is 1. The van der Waals surface area contributed by atoms with Gasteiger partial charge in [0.25, 0.3) is 5.56 Å². The van der Waals surface area contributed by atoms with Gasteiger partial charge in [-0.25, -0.2) is 14.8 Å². The summed E-state index contributed by atoms with van der Waals surface area (Å²) in [4.78, 5) is 34.1. The Morgan fingerprint density at radius 3 is 2.83 bits per heavy atom. The molecule has 2 aromatic rings. The number of anilines is 2. The molecule has 0 aromatic carbocycles. The van der Waals surface area contributed by atoms with E-state index < -0.39 is 0 Å². The molecule has 0 atom stereocenters. The van der Waals surface area contributed by atoms with Crippen molar-refractivity contribution in [1.82, 2.24) is 19.9 Å². The van der Waals surface area contributed by atoms with E-state index in [1.165, 1.54) is 23.2 Å². The molecule has 0 spiro atoms. The van der Waals surface area contributed by atoms with Gasteiger partial charge in [0.1, 0.15) is 0 Å². The van der Waals surface area contributed by atoms with Crippen molar-refractivity contribution >= 4 is 17.5 Å². The van der Waals surface area contributed by atoms with Gasteiger partial charge in [0.15, 0.2) is 5.82 Å². The molecule has 126 valence electrons. The Labute approximate surface area is 139 Å². The lowest BCUT2D eigenvalue weighted by Gasteiger charge is -2.20. The molecule has 2 aromatic heterocycles. The highest BCUT2D eigenvalue weighted by molar-refractivity contribution is 5.92. The van der Waals surface area contributed by atoms with Crippen LogP contribution in [0.3, 0.4) is 0 Å². The molecule has 1 aliphatic heterocycles. The second-order valence-corrected chi connectivity index (χ2v) is 5.56. The molecular weight excluding hydrogens is 308 g/mol. The number of nitrogens with one attached hydrogen (secondary N) is 2. The molecule has 3 heterocycles. The van der Waals surface area contributed by atoms with E-state index in [1.807, 2.05) is 6.07 Å². The monoisotopic (exact) mass is 328 g/mol. The highest BCUT2D eigenvalue weighted by atomic mass is 16.2. The number of nitrogens with zero attached hydrogens (tertiary/aromatic N) is 4. The fraction of sp³-hybridized carbons (Fsp3) is 0.375. The number of carbonyl (C=O) groups is 1. The minimum atomic E-state index is -0.319. The molecule has 2 amide bonds. The van der Waals surface area contributed by atoms with Crippen molar-refractivity contribution in [3.8, 4) is 0 Å². The summed E-state index contributed by atoms with van der Waals surface area (Å²) < 4.78 is 1.44. The Morgan fingerprint density at radius 2 is 2.04 bits per heavy atom.